The van der Waals surface area contributed by atoms with E-state index in [4.69, 9.17) is 23.4 Å². The van der Waals surface area contributed by atoms with Gasteiger partial charge in [0.15, 0.2) is 11.5 Å². The Hall–Kier alpha value is -3.35. The molecule has 7 heteroatoms. The number of fused-ring (bicyclic) bond motifs is 1. The molecule has 0 aliphatic carbocycles. The van der Waals surface area contributed by atoms with Crippen molar-refractivity contribution in [3.63, 3.8) is 0 Å². The van der Waals surface area contributed by atoms with Crippen LogP contribution in [0.3, 0.4) is 0 Å². The number of ether oxygens (including phenoxy) is 4. The predicted octanol–water partition coefficient (Wildman–Crippen LogP) is 3.83. The Bertz CT molecular complexity index is 941. The lowest BCUT2D eigenvalue weighted by molar-refractivity contribution is 0.340. The van der Waals surface area contributed by atoms with Gasteiger partial charge in [-0.1, -0.05) is 0 Å². The molecule has 2 aromatic carbocycles. The fraction of sp³-hybridized carbons (Fsp3) is 0.211. The molecule has 136 valence electrons. The van der Waals surface area contributed by atoms with Gasteiger partial charge in [0.25, 0.3) is 0 Å². The number of aromatic hydroxyl groups is 2. The van der Waals surface area contributed by atoms with E-state index in [1.165, 1.54) is 34.5 Å². The monoisotopic (exact) mass is 359 g/mol. The first-order valence-corrected chi connectivity index (χ1v) is 7.69. The number of rotatable bonds is 5. The SMILES string of the molecule is COc1cc(OC)c2cc(O)c(-c3cc(OC)c(O)c(OC)c3)[o+]c2c1. The smallest absolute Gasteiger partial charge is 0.402 e. The van der Waals surface area contributed by atoms with E-state index >= 15 is 0 Å². The zero-order valence-electron chi connectivity index (χ0n) is 14.8. The molecule has 0 saturated heterocycles. The van der Waals surface area contributed by atoms with Crippen LogP contribution in [0.25, 0.3) is 22.3 Å². The minimum Gasteiger partial charge on any atom is -0.502 e. The van der Waals surface area contributed by atoms with E-state index in [2.05, 4.69) is 0 Å². The molecular formula is C19H19O7+. The van der Waals surface area contributed by atoms with Gasteiger partial charge in [0.05, 0.1) is 40.1 Å². The summed E-state index contributed by atoms with van der Waals surface area (Å²) in [5.74, 6) is 1.39. The van der Waals surface area contributed by atoms with Gasteiger partial charge in [-0.25, -0.2) is 4.42 Å². The first kappa shape index (κ1) is 17.5. The molecule has 0 fully saturated rings. The van der Waals surface area contributed by atoms with Gasteiger partial charge in [0.1, 0.15) is 16.9 Å². The topological polar surface area (TPSA) is 88.7 Å². The average Bonchev–Trinajstić information content (AvgIpc) is 2.67. The Morgan fingerprint density at radius 1 is 0.731 bits per heavy atom. The lowest BCUT2D eigenvalue weighted by Gasteiger charge is -2.09. The molecular weight excluding hydrogens is 340 g/mol. The highest BCUT2D eigenvalue weighted by Crippen LogP contribution is 2.44. The molecule has 0 spiro atoms. The van der Waals surface area contributed by atoms with Crippen molar-refractivity contribution in [1.29, 1.82) is 0 Å². The van der Waals surface area contributed by atoms with E-state index in [0.29, 0.717) is 28.0 Å². The van der Waals surface area contributed by atoms with Crippen LogP contribution in [0.15, 0.2) is 34.7 Å². The summed E-state index contributed by atoms with van der Waals surface area (Å²) >= 11 is 0. The van der Waals surface area contributed by atoms with Crippen molar-refractivity contribution in [2.45, 2.75) is 0 Å². The minimum absolute atomic E-state index is 0.101. The van der Waals surface area contributed by atoms with Crippen LogP contribution in [0.5, 0.6) is 34.5 Å². The molecule has 26 heavy (non-hydrogen) atoms. The highest BCUT2D eigenvalue weighted by Gasteiger charge is 2.26. The Balaban J connectivity index is 2.27. The number of hydrogen-bond acceptors (Lipinski definition) is 6. The molecule has 0 unspecified atom stereocenters. The number of hydrogen-bond donors (Lipinski definition) is 2. The fourth-order valence-corrected chi connectivity index (χ4v) is 2.69. The number of methoxy groups -OCH3 is 4. The molecule has 3 rings (SSSR count). The second kappa shape index (κ2) is 6.87. The van der Waals surface area contributed by atoms with Crippen molar-refractivity contribution in [2.75, 3.05) is 28.4 Å². The molecule has 7 nitrogen and oxygen atoms in total. The van der Waals surface area contributed by atoms with E-state index in [1.54, 1.807) is 24.3 Å². The van der Waals surface area contributed by atoms with Crippen LogP contribution in [-0.2, 0) is 0 Å². The van der Waals surface area contributed by atoms with Gasteiger partial charge in [-0.2, -0.15) is 0 Å². The Morgan fingerprint density at radius 2 is 1.35 bits per heavy atom. The van der Waals surface area contributed by atoms with Gasteiger partial charge in [0, 0.05) is 24.3 Å². The van der Waals surface area contributed by atoms with E-state index < -0.39 is 0 Å². The second-order valence-corrected chi connectivity index (χ2v) is 5.43. The lowest BCUT2D eigenvalue weighted by atomic mass is 10.1. The molecule has 0 radical (unpaired) electrons. The van der Waals surface area contributed by atoms with Crippen LogP contribution in [0, 0.1) is 0 Å². The Labute approximate surface area is 149 Å². The van der Waals surface area contributed by atoms with Gasteiger partial charge in [-0.15, -0.1) is 0 Å². The third-order valence-electron chi connectivity index (χ3n) is 4.00. The van der Waals surface area contributed by atoms with Crippen LogP contribution in [0.1, 0.15) is 0 Å². The maximum Gasteiger partial charge on any atom is 0.402 e. The zero-order chi connectivity index (χ0) is 18.8. The van der Waals surface area contributed by atoms with Crippen LogP contribution in [-0.4, -0.2) is 38.7 Å². The highest BCUT2D eigenvalue weighted by atomic mass is 16.5. The fourth-order valence-electron chi connectivity index (χ4n) is 2.69. The Morgan fingerprint density at radius 3 is 1.88 bits per heavy atom. The molecule has 1 heterocycles. The summed E-state index contributed by atoms with van der Waals surface area (Å²) < 4.78 is 26.8. The average molecular weight is 359 g/mol. The van der Waals surface area contributed by atoms with E-state index in [0.717, 1.165) is 0 Å². The molecule has 1 aromatic heterocycles. The standard InChI is InChI=1S/C19H18O7/c1-22-11-7-14(23-2)12-9-13(20)19(26-15(12)8-11)10-5-16(24-3)18(21)17(6-10)25-4/h5-9H,1-4H3,(H-,20,21)/p+1. The summed E-state index contributed by atoms with van der Waals surface area (Å²) in [5, 5.41) is 21.1. The molecule has 0 aliphatic rings. The largest absolute Gasteiger partial charge is 0.502 e. The molecule has 2 N–H and O–H groups in total. The van der Waals surface area contributed by atoms with Crippen LogP contribution < -0.4 is 18.9 Å². The van der Waals surface area contributed by atoms with Crippen molar-refractivity contribution in [3.8, 4) is 45.8 Å². The number of phenolic OH excluding ortho intramolecular Hbond substituents is 1. The van der Waals surface area contributed by atoms with Crippen LogP contribution in [0.2, 0.25) is 0 Å². The molecule has 0 aliphatic heterocycles. The summed E-state index contributed by atoms with van der Waals surface area (Å²) in [6.07, 6.45) is 0. The summed E-state index contributed by atoms with van der Waals surface area (Å²) in [5.41, 5.74) is 0.928. The molecule has 0 atom stereocenters. The molecule has 0 bridgehead atoms. The summed E-state index contributed by atoms with van der Waals surface area (Å²) in [6.45, 7) is 0. The zero-order valence-corrected chi connectivity index (χ0v) is 14.8. The predicted molar refractivity (Wildman–Crippen MR) is 95.6 cm³/mol. The first-order chi connectivity index (χ1) is 12.5. The van der Waals surface area contributed by atoms with Gasteiger partial charge in [0.2, 0.25) is 11.5 Å². The van der Waals surface area contributed by atoms with E-state index in [9.17, 15) is 10.2 Å². The van der Waals surface area contributed by atoms with Crippen molar-refractivity contribution < 1.29 is 33.6 Å². The van der Waals surface area contributed by atoms with Gasteiger partial charge >= 0.3 is 11.3 Å². The van der Waals surface area contributed by atoms with E-state index in [-0.39, 0.29) is 28.8 Å². The first-order valence-electron chi connectivity index (χ1n) is 7.69. The second-order valence-electron chi connectivity index (χ2n) is 5.43. The normalized spacial score (nSPS) is 10.6. The molecule has 0 saturated carbocycles. The molecule has 3 aromatic rings. The lowest BCUT2D eigenvalue weighted by Crippen LogP contribution is -1.92. The molecule has 0 amide bonds. The quantitative estimate of drug-likeness (QED) is 0.669. The third-order valence-corrected chi connectivity index (χ3v) is 4.00. The van der Waals surface area contributed by atoms with Crippen LogP contribution in [0.4, 0.5) is 0 Å². The van der Waals surface area contributed by atoms with Gasteiger partial charge in [-0.3, -0.25) is 0 Å². The van der Waals surface area contributed by atoms with Crippen molar-refractivity contribution in [2.24, 2.45) is 0 Å². The third kappa shape index (κ3) is 2.88. The minimum atomic E-state index is -0.137. The van der Waals surface area contributed by atoms with Gasteiger partial charge < -0.3 is 29.2 Å². The summed E-state index contributed by atoms with van der Waals surface area (Å²) in [4.78, 5) is 0. The maximum absolute atomic E-state index is 10.5. The van der Waals surface area contributed by atoms with Crippen molar-refractivity contribution in [3.05, 3.63) is 30.3 Å². The summed E-state index contributed by atoms with van der Waals surface area (Å²) in [6, 6.07) is 8.01. The summed E-state index contributed by atoms with van der Waals surface area (Å²) in [7, 11) is 5.91. The van der Waals surface area contributed by atoms with E-state index in [1.807, 2.05) is 0 Å². The van der Waals surface area contributed by atoms with Crippen molar-refractivity contribution >= 4 is 11.0 Å². The van der Waals surface area contributed by atoms with Gasteiger partial charge in [-0.05, 0) is 0 Å². The maximum atomic E-state index is 10.5. The number of phenols is 1. The van der Waals surface area contributed by atoms with Crippen LogP contribution >= 0.6 is 0 Å². The Kier molecular flexibility index (Phi) is 4.62. The number of benzene rings is 2. The highest BCUT2D eigenvalue weighted by molar-refractivity contribution is 5.89. The van der Waals surface area contributed by atoms with Crippen molar-refractivity contribution in [1.82, 2.24) is 0 Å².